The molecule has 1 heterocycles. The maximum absolute atomic E-state index is 14.4. The smallest absolute Gasteiger partial charge is 0.226 e. The van der Waals surface area contributed by atoms with Gasteiger partial charge in [0.25, 0.3) is 0 Å². The lowest BCUT2D eigenvalue weighted by Gasteiger charge is -2.33. The van der Waals surface area contributed by atoms with E-state index in [1.807, 2.05) is 12.1 Å². The Morgan fingerprint density at radius 1 is 1.00 bits per heavy atom. The molecule has 2 saturated carbocycles. The number of carbonyl (C=O) groups excluding carboxylic acids is 1. The summed E-state index contributed by atoms with van der Waals surface area (Å²) in [5.74, 6) is -1.59. The Labute approximate surface area is 186 Å². The standard InChI is InChI=1S/C24H26F2N2O3S/c25-21-8-3-9-22(26)23(21)18-7-2-1-6-17(18)19-13-20(19)24(29)28-12-4-5-15(14-28)27-32(30,31)16-10-11-16/h1-3,6-9,15-16,19-20,27H,4-5,10-14H2. The van der Waals surface area contributed by atoms with Crippen molar-refractivity contribution in [3.8, 4) is 11.1 Å². The average molecular weight is 461 g/mol. The van der Waals surface area contributed by atoms with Gasteiger partial charge in [-0.05, 0) is 61.3 Å². The third kappa shape index (κ3) is 4.18. The van der Waals surface area contributed by atoms with E-state index in [1.165, 1.54) is 18.2 Å². The monoisotopic (exact) mass is 460 g/mol. The molecule has 3 atom stereocenters. The molecule has 1 aliphatic heterocycles. The summed E-state index contributed by atoms with van der Waals surface area (Å²) in [6, 6.07) is 10.6. The third-order valence-corrected chi connectivity index (χ3v) is 8.74. The Bertz CT molecular complexity index is 1130. The number of carbonyl (C=O) groups is 1. The number of likely N-dealkylation sites (tertiary alicyclic amines) is 1. The second-order valence-corrected chi connectivity index (χ2v) is 11.1. The van der Waals surface area contributed by atoms with Crippen LogP contribution in [0.1, 0.15) is 43.6 Å². The number of hydrogen-bond donors (Lipinski definition) is 1. The highest BCUT2D eigenvalue weighted by molar-refractivity contribution is 7.90. The zero-order valence-electron chi connectivity index (χ0n) is 17.6. The van der Waals surface area contributed by atoms with E-state index in [4.69, 9.17) is 0 Å². The normalized spacial score (nSPS) is 25.6. The van der Waals surface area contributed by atoms with Gasteiger partial charge in [-0.15, -0.1) is 0 Å². The molecule has 170 valence electrons. The molecule has 0 aromatic heterocycles. The predicted molar refractivity (Wildman–Crippen MR) is 117 cm³/mol. The summed E-state index contributed by atoms with van der Waals surface area (Å²) in [4.78, 5) is 14.9. The fourth-order valence-corrected chi connectivity index (χ4v) is 6.44. The van der Waals surface area contributed by atoms with Crippen molar-refractivity contribution in [1.29, 1.82) is 0 Å². The van der Waals surface area contributed by atoms with Gasteiger partial charge in [-0.1, -0.05) is 30.3 Å². The highest BCUT2D eigenvalue weighted by atomic mass is 32.2. The van der Waals surface area contributed by atoms with Crippen LogP contribution in [0.4, 0.5) is 8.78 Å². The second-order valence-electron chi connectivity index (χ2n) is 9.12. The fourth-order valence-electron chi connectivity index (χ4n) is 4.83. The van der Waals surface area contributed by atoms with E-state index in [-0.39, 0.29) is 34.6 Å². The highest BCUT2D eigenvalue weighted by Gasteiger charge is 2.47. The quantitative estimate of drug-likeness (QED) is 0.713. The van der Waals surface area contributed by atoms with E-state index < -0.39 is 21.7 Å². The Morgan fingerprint density at radius 2 is 1.72 bits per heavy atom. The van der Waals surface area contributed by atoms with E-state index >= 15 is 0 Å². The van der Waals surface area contributed by atoms with Crippen LogP contribution in [0.15, 0.2) is 42.5 Å². The topological polar surface area (TPSA) is 66.5 Å². The minimum absolute atomic E-state index is 0.00544. The molecule has 2 aliphatic carbocycles. The number of piperidine rings is 1. The second kappa shape index (κ2) is 8.23. The van der Waals surface area contributed by atoms with Crippen LogP contribution in [0, 0.1) is 17.6 Å². The molecule has 2 aromatic rings. The molecule has 0 spiro atoms. The van der Waals surface area contributed by atoms with E-state index in [2.05, 4.69) is 4.72 Å². The van der Waals surface area contributed by atoms with E-state index in [1.54, 1.807) is 17.0 Å². The Hall–Kier alpha value is -2.32. The number of rotatable bonds is 6. The maximum atomic E-state index is 14.4. The predicted octanol–water partition coefficient (Wildman–Crippen LogP) is 3.81. The lowest BCUT2D eigenvalue weighted by Crippen LogP contribution is -2.50. The van der Waals surface area contributed by atoms with Crippen LogP contribution in [-0.4, -0.2) is 43.6 Å². The molecule has 0 bridgehead atoms. The number of benzene rings is 2. The molecule has 2 aromatic carbocycles. The molecule has 32 heavy (non-hydrogen) atoms. The average Bonchev–Trinajstić information content (AvgIpc) is 3.67. The first-order chi connectivity index (χ1) is 15.3. The molecular formula is C24H26F2N2O3S. The molecule has 3 unspecified atom stereocenters. The van der Waals surface area contributed by atoms with Crippen molar-refractivity contribution in [1.82, 2.24) is 9.62 Å². The molecule has 0 radical (unpaired) electrons. The summed E-state index contributed by atoms with van der Waals surface area (Å²) in [6.07, 6.45) is 3.50. The molecule has 1 amide bonds. The van der Waals surface area contributed by atoms with Crippen LogP contribution in [0.25, 0.3) is 11.1 Å². The minimum atomic E-state index is -3.30. The molecule has 8 heteroatoms. The summed E-state index contributed by atoms with van der Waals surface area (Å²) < 4.78 is 56.2. The van der Waals surface area contributed by atoms with Gasteiger partial charge in [0.2, 0.25) is 15.9 Å². The molecule has 5 rings (SSSR count). The molecule has 1 N–H and O–H groups in total. The van der Waals surface area contributed by atoms with Crippen LogP contribution in [-0.2, 0) is 14.8 Å². The molecule has 1 saturated heterocycles. The Balaban J connectivity index is 1.30. The third-order valence-electron chi connectivity index (χ3n) is 6.73. The first kappa shape index (κ1) is 21.5. The Kier molecular flexibility index (Phi) is 5.53. The van der Waals surface area contributed by atoms with Gasteiger partial charge in [0.1, 0.15) is 11.6 Å². The van der Waals surface area contributed by atoms with Crippen LogP contribution in [0.2, 0.25) is 0 Å². The van der Waals surface area contributed by atoms with Crippen molar-refractivity contribution in [2.24, 2.45) is 5.92 Å². The van der Waals surface area contributed by atoms with Gasteiger partial charge in [-0.3, -0.25) is 4.79 Å². The minimum Gasteiger partial charge on any atom is -0.341 e. The zero-order valence-corrected chi connectivity index (χ0v) is 18.5. The summed E-state index contributed by atoms with van der Waals surface area (Å²) in [5, 5.41) is -0.281. The van der Waals surface area contributed by atoms with Crippen molar-refractivity contribution in [3.05, 3.63) is 59.7 Å². The van der Waals surface area contributed by atoms with E-state index in [0.29, 0.717) is 37.9 Å². The summed E-state index contributed by atoms with van der Waals surface area (Å²) in [5.41, 5.74) is 1.20. The van der Waals surface area contributed by atoms with Crippen molar-refractivity contribution in [2.75, 3.05) is 13.1 Å². The number of nitrogens with zero attached hydrogens (tertiary/aromatic N) is 1. The van der Waals surface area contributed by atoms with Gasteiger partial charge in [0.15, 0.2) is 0 Å². The highest BCUT2D eigenvalue weighted by Crippen LogP contribution is 2.51. The number of amides is 1. The van der Waals surface area contributed by atoms with Crippen LogP contribution in [0.3, 0.4) is 0 Å². The largest absolute Gasteiger partial charge is 0.341 e. The molecular weight excluding hydrogens is 434 g/mol. The lowest BCUT2D eigenvalue weighted by atomic mass is 9.95. The van der Waals surface area contributed by atoms with Crippen LogP contribution in [0.5, 0.6) is 0 Å². The number of hydrogen-bond acceptors (Lipinski definition) is 3. The summed E-state index contributed by atoms with van der Waals surface area (Å²) in [7, 11) is -3.30. The lowest BCUT2D eigenvalue weighted by molar-refractivity contribution is -0.133. The number of sulfonamides is 1. The van der Waals surface area contributed by atoms with Crippen molar-refractivity contribution >= 4 is 15.9 Å². The van der Waals surface area contributed by atoms with Gasteiger partial charge >= 0.3 is 0 Å². The van der Waals surface area contributed by atoms with Gasteiger partial charge in [0, 0.05) is 25.0 Å². The number of halogens is 2. The van der Waals surface area contributed by atoms with E-state index in [9.17, 15) is 22.0 Å². The zero-order chi connectivity index (χ0) is 22.5. The van der Waals surface area contributed by atoms with Gasteiger partial charge in [-0.25, -0.2) is 21.9 Å². The van der Waals surface area contributed by atoms with Crippen molar-refractivity contribution in [2.45, 2.75) is 49.3 Å². The first-order valence-electron chi connectivity index (χ1n) is 11.2. The maximum Gasteiger partial charge on any atom is 0.226 e. The van der Waals surface area contributed by atoms with Gasteiger partial charge < -0.3 is 4.90 Å². The van der Waals surface area contributed by atoms with Crippen LogP contribution < -0.4 is 4.72 Å². The van der Waals surface area contributed by atoms with Crippen LogP contribution >= 0.6 is 0 Å². The van der Waals surface area contributed by atoms with Gasteiger partial charge in [-0.2, -0.15) is 0 Å². The summed E-state index contributed by atoms with van der Waals surface area (Å²) in [6.45, 7) is 0.977. The fraction of sp³-hybridized carbons (Fsp3) is 0.458. The summed E-state index contributed by atoms with van der Waals surface area (Å²) >= 11 is 0. The van der Waals surface area contributed by atoms with Gasteiger partial charge in [0.05, 0.1) is 10.8 Å². The van der Waals surface area contributed by atoms with Crippen molar-refractivity contribution < 1.29 is 22.0 Å². The molecule has 3 fully saturated rings. The van der Waals surface area contributed by atoms with E-state index in [0.717, 1.165) is 18.4 Å². The van der Waals surface area contributed by atoms with Crippen molar-refractivity contribution in [3.63, 3.8) is 0 Å². The SMILES string of the molecule is O=C(C1CC1c1ccccc1-c1c(F)cccc1F)N1CCCC(NS(=O)(=O)C2CC2)C1. The Morgan fingerprint density at radius 3 is 2.44 bits per heavy atom. The first-order valence-corrected chi connectivity index (χ1v) is 12.7. The molecule has 5 nitrogen and oxygen atoms in total. The number of nitrogens with one attached hydrogen (secondary N) is 1. The molecule has 3 aliphatic rings.